The molecule has 14 rings (SSSR count). The van der Waals surface area contributed by atoms with Crippen molar-refractivity contribution >= 4 is 68.6 Å². The smallest absolute Gasteiger partial charge is 0.252 e. The fourth-order valence-corrected chi connectivity index (χ4v) is 18.4. The Morgan fingerprint density at radius 2 is 0.868 bits per heavy atom. The Balaban J connectivity index is 1.12. The van der Waals surface area contributed by atoms with Gasteiger partial charge in [0.2, 0.25) is 0 Å². The molecule has 6 aromatic carbocycles. The Kier molecular flexibility index (Phi) is 9.64. The highest BCUT2D eigenvalue weighted by Crippen LogP contribution is 2.67. The average molecular weight is 1000 g/mol. The molecule has 6 bridgehead atoms. The van der Waals surface area contributed by atoms with Crippen LogP contribution in [0.1, 0.15) is 215 Å². The minimum Gasteiger partial charge on any atom is -0.334 e. The van der Waals surface area contributed by atoms with Gasteiger partial charge in [-0.05, 0) is 269 Å². The van der Waals surface area contributed by atoms with Crippen LogP contribution < -0.4 is 31.1 Å². The van der Waals surface area contributed by atoms with Crippen LogP contribution in [0.2, 0.25) is 0 Å². The number of aryl methyl sites for hydroxylation is 5. The minimum absolute atomic E-state index is 0.00568. The van der Waals surface area contributed by atoms with E-state index in [0.717, 1.165) is 0 Å². The van der Waals surface area contributed by atoms with Gasteiger partial charge in [0, 0.05) is 50.9 Å². The van der Waals surface area contributed by atoms with E-state index in [1.807, 2.05) is 0 Å². The van der Waals surface area contributed by atoms with Crippen molar-refractivity contribution in [1.82, 2.24) is 0 Å². The standard InChI is InChI=1S/C72H86BN3/c1-41-29-45(5)63-60(30-41)76-47-19-20-54-58(35-47)74(57-39-53-49(34-44(57)4)69(14,15)27-28-70(53,16)46-21-22-71(63,17)72(76,18)40-46)61-31-42(2)32-62-64(61)73(54)55-36-50-52(68(12,13)26-24-66(50,8)9)38-59(55)75(62)56-37-51-48(33-43(56)3)65(6,7)23-25-67(51,10)11/h19-20,29-39,46H,21-28,40H2,1-18H3. The summed E-state index contributed by atoms with van der Waals surface area (Å²) in [5.74, 6) is 0.547. The maximum absolute atomic E-state index is 2.91. The van der Waals surface area contributed by atoms with Gasteiger partial charge in [-0.1, -0.05) is 113 Å². The summed E-state index contributed by atoms with van der Waals surface area (Å²) in [7, 11) is 0. The molecule has 0 radical (unpaired) electrons. The lowest BCUT2D eigenvalue weighted by molar-refractivity contribution is 0.0838. The Morgan fingerprint density at radius 1 is 0.408 bits per heavy atom. The molecule has 8 aliphatic rings. The summed E-state index contributed by atoms with van der Waals surface area (Å²) in [4.78, 5) is 8.49. The molecule has 76 heavy (non-hydrogen) atoms. The second-order valence-corrected chi connectivity index (χ2v) is 30.6. The van der Waals surface area contributed by atoms with Crippen LogP contribution in [0, 0.1) is 40.5 Å². The van der Waals surface area contributed by atoms with Gasteiger partial charge >= 0.3 is 0 Å². The molecule has 4 aliphatic heterocycles. The molecule has 0 saturated heterocycles. The first-order valence-electron chi connectivity index (χ1n) is 29.8. The largest absolute Gasteiger partial charge is 0.334 e. The highest BCUT2D eigenvalue weighted by Gasteiger charge is 2.63. The van der Waals surface area contributed by atoms with Crippen molar-refractivity contribution in [3.05, 3.63) is 146 Å². The van der Waals surface area contributed by atoms with Gasteiger partial charge in [-0.2, -0.15) is 0 Å². The second kappa shape index (κ2) is 14.9. The normalized spacial score (nSPS) is 27.6. The van der Waals surface area contributed by atoms with Crippen molar-refractivity contribution in [2.24, 2.45) is 5.92 Å². The van der Waals surface area contributed by atoms with E-state index in [9.17, 15) is 0 Å². The molecule has 1 saturated carbocycles. The van der Waals surface area contributed by atoms with Crippen LogP contribution in [-0.4, -0.2) is 12.3 Å². The van der Waals surface area contributed by atoms with Crippen LogP contribution in [-0.2, 0) is 37.9 Å². The number of hydrogen-bond donors (Lipinski definition) is 0. The molecule has 1 fully saturated rings. The molecule has 4 aliphatic carbocycles. The Bertz CT molecular complexity index is 3600. The molecule has 4 atom stereocenters. The Morgan fingerprint density at radius 3 is 1.45 bits per heavy atom. The summed E-state index contributed by atoms with van der Waals surface area (Å²) < 4.78 is 0. The molecular formula is C72H86BN3. The van der Waals surface area contributed by atoms with E-state index in [4.69, 9.17) is 0 Å². The number of fused-ring (bicyclic) bond motifs is 15. The van der Waals surface area contributed by atoms with E-state index >= 15 is 0 Å². The summed E-state index contributed by atoms with van der Waals surface area (Å²) >= 11 is 0. The van der Waals surface area contributed by atoms with Gasteiger partial charge in [0.25, 0.3) is 6.71 Å². The third-order valence-corrected chi connectivity index (χ3v) is 23.5. The van der Waals surface area contributed by atoms with Gasteiger partial charge < -0.3 is 14.7 Å². The zero-order chi connectivity index (χ0) is 53.7. The summed E-state index contributed by atoms with van der Waals surface area (Å²) in [6.45, 7) is 45.2. The van der Waals surface area contributed by atoms with Gasteiger partial charge in [-0.15, -0.1) is 0 Å². The molecule has 0 spiro atoms. The second-order valence-electron chi connectivity index (χ2n) is 30.6. The summed E-state index contributed by atoms with van der Waals surface area (Å²) in [5, 5.41) is 0. The molecule has 4 heteroatoms. The lowest BCUT2D eigenvalue weighted by Crippen LogP contribution is -2.62. The van der Waals surface area contributed by atoms with Gasteiger partial charge in [0.1, 0.15) is 0 Å². The molecule has 3 nitrogen and oxygen atoms in total. The molecule has 4 unspecified atom stereocenters. The Labute approximate surface area is 458 Å². The summed E-state index contributed by atoms with van der Waals surface area (Å²) in [6.07, 6.45) is 10.8. The van der Waals surface area contributed by atoms with Gasteiger partial charge in [-0.25, -0.2) is 0 Å². The van der Waals surface area contributed by atoms with Crippen LogP contribution in [0.25, 0.3) is 0 Å². The Hall–Kier alpha value is -5.22. The van der Waals surface area contributed by atoms with Crippen molar-refractivity contribution in [2.75, 3.05) is 14.7 Å². The van der Waals surface area contributed by atoms with E-state index in [2.05, 4.69) is 218 Å². The van der Waals surface area contributed by atoms with Gasteiger partial charge in [0.05, 0.1) is 5.54 Å². The summed E-state index contributed by atoms with van der Waals surface area (Å²) in [5.41, 5.74) is 33.3. The zero-order valence-electron chi connectivity index (χ0n) is 49.9. The monoisotopic (exact) mass is 1000 g/mol. The van der Waals surface area contributed by atoms with E-state index in [1.165, 1.54) is 164 Å². The van der Waals surface area contributed by atoms with Crippen LogP contribution >= 0.6 is 0 Å². The number of nitrogens with zero attached hydrogens (tertiary/aromatic N) is 3. The van der Waals surface area contributed by atoms with E-state index in [-0.39, 0.29) is 50.2 Å². The first-order valence-corrected chi connectivity index (χ1v) is 29.8. The third kappa shape index (κ3) is 6.15. The number of hydrogen-bond acceptors (Lipinski definition) is 3. The quantitative estimate of drug-likeness (QED) is 0.152. The minimum atomic E-state index is -0.124. The molecule has 6 aromatic rings. The SMILES string of the molecule is Cc1cc2c3c(c1)N(c1cc4c(cc1C)C(C)(C)CCC4(C)C)c1cc4c(cc1B3c1ccc3cc1N2c1cc2c(cc1C)C(C)(C)CCC2(C)C1CCC2(C)c5c(C)cc(C)cc5N3C2(C)C1)C(C)(C)CCC4(C)C. The van der Waals surface area contributed by atoms with Gasteiger partial charge in [0.15, 0.2) is 0 Å². The van der Waals surface area contributed by atoms with Crippen molar-refractivity contribution in [1.29, 1.82) is 0 Å². The van der Waals surface area contributed by atoms with Crippen LogP contribution in [0.3, 0.4) is 0 Å². The molecule has 0 aromatic heterocycles. The lowest BCUT2D eigenvalue weighted by Gasteiger charge is -2.58. The molecule has 4 heterocycles. The van der Waals surface area contributed by atoms with Crippen molar-refractivity contribution < 1.29 is 0 Å². The highest BCUT2D eigenvalue weighted by molar-refractivity contribution is 7.00. The van der Waals surface area contributed by atoms with Crippen LogP contribution in [0.15, 0.2) is 78.9 Å². The fourth-order valence-electron chi connectivity index (χ4n) is 18.4. The van der Waals surface area contributed by atoms with E-state index in [0.29, 0.717) is 5.92 Å². The number of rotatable bonds is 1. The molecule has 392 valence electrons. The topological polar surface area (TPSA) is 9.72 Å². The molecular weight excluding hydrogens is 918 g/mol. The predicted molar refractivity (Wildman–Crippen MR) is 326 cm³/mol. The number of benzene rings is 6. The lowest BCUT2D eigenvalue weighted by atomic mass is 9.33. The predicted octanol–water partition coefficient (Wildman–Crippen LogP) is 17.3. The maximum Gasteiger partial charge on any atom is 0.252 e. The van der Waals surface area contributed by atoms with Gasteiger partial charge in [-0.3, -0.25) is 0 Å². The first-order chi connectivity index (χ1) is 35.5. The molecule has 0 amide bonds. The first kappa shape index (κ1) is 49.1. The van der Waals surface area contributed by atoms with Crippen molar-refractivity contribution in [3.8, 4) is 0 Å². The maximum atomic E-state index is 2.91. The van der Waals surface area contributed by atoms with Crippen molar-refractivity contribution in [3.63, 3.8) is 0 Å². The summed E-state index contributed by atoms with van der Waals surface area (Å²) in [6, 6.07) is 34.2. The average Bonchev–Trinajstić information content (AvgIpc) is 3.56. The van der Waals surface area contributed by atoms with Crippen LogP contribution in [0.5, 0.6) is 0 Å². The number of anilines is 8. The highest BCUT2D eigenvalue weighted by atomic mass is 15.3. The molecule has 0 N–H and O–H groups in total. The van der Waals surface area contributed by atoms with Crippen LogP contribution in [0.4, 0.5) is 45.5 Å². The third-order valence-electron chi connectivity index (χ3n) is 23.5. The zero-order valence-corrected chi connectivity index (χ0v) is 49.9. The fraction of sp³-hybridized carbons (Fsp3) is 0.500. The van der Waals surface area contributed by atoms with E-state index < -0.39 is 0 Å². The van der Waals surface area contributed by atoms with Crippen molar-refractivity contribution in [2.45, 2.75) is 226 Å². The van der Waals surface area contributed by atoms with E-state index in [1.54, 1.807) is 22.3 Å².